The maximum Gasteiger partial charge on any atom is 0.251 e. The van der Waals surface area contributed by atoms with Crippen LogP contribution in [0.25, 0.3) is 55.2 Å². The van der Waals surface area contributed by atoms with Crippen molar-refractivity contribution in [2.75, 3.05) is 0 Å². The number of hydrogen-bond donors (Lipinski definition) is 1. The zero-order valence-corrected chi connectivity index (χ0v) is 23.6. The van der Waals surface area contributed by atoms with Crippen LogP contribution in [-0.2, 0) is 5.21 Å². The van der Waals surface area contributed by atoms with Crippen LogP contribution in [0.1, 0.15) is 50.9 Å². The van der Waals surface area contributed by atoms with E-state index in [0.29, 0.717) is 30.2 Å². The maximum atomic E-state index is 13.1. The van der Waals surface area contributed by atoms with Gasteiger partial charge in [0.1, 0.15) is 0 Å². The molecule has 2 heterocycles. The average molecular weight is 544 g/mol. The van der Waals surface area contributed by atoms with Crippen molar-refractivity contribution < 1.29 is 14.4 Å². The highest BCUT2D eigenvalue weighted by molar-refractivity contribution is 6.25. The molecule has 6 aromatic rings. The second-order valence-corrected chi connectivity index (χ2v) is 12.5. The van der Waals surface area contributed by atoms with Crippen molar-refractivity contribution in [3.8, 4) is 22.9 Å². The minimum Gasteiger partial charge on any atom is -0.416 e. The summed E-state index contributed by atoms with van der Waals surface area (Å²) in [5, 5.41) is 32.8. The molecule has 1 amide bonds. The van der Waals surface area contributed by atoms with Gasteiger partial charge in [0, 0.05) is 33.8 Å². The van der Waals surface area contributed by atoms with Crippen LogP contribution >= 0.6 is 0 Å². The van der Waals surface area contributed by atoms with E-state index in [9.17, 15) is 10.0 Å². The molecular formula is C34H31N4O3. The third-order valence-electron chi connectivity index (χ3n) is 8.50. The number of benzene rings is 5. The molecule has 7 heteroatoms. The predicted molar refractivity (Wildman–Crippen MR) is 160 cm³/mol. The fourth-order valence-corrected chi connectivity index (χ4v) is 6.77. The van der Waals surface area contributed by atoms with Crippen molar-refractivity contribution in [1.82, 2.24) is 20.6 Å². The van der Waals surface area contributed by atoms with E-state index in [0.717, 1.165) is 16.5 Å². The van der Waals surface area contributed by atoms with Crippen molar-refractivity contribution >= 4 is 38.2 Å². The minimum atomic E-state index is -0.548. The summed E-state index contributed by atoms with van der Waals surface area (Å²) in [5.41, 5.74) is 1.07. The molecule has 1 fully saturated rings. The lowest BCUT2D eigenvalue weighted by atomic mass is 9.79. The Morgan fingerprint density at radius 3 is 2.05 bits per heavy atom. The molecule has 0 spiro atoms. The Labute approximate surface area is 238 Å². The number of piperidine rings is 1. The van der Waals surface area contributed by atoms with Crippen LogP contribution in [-0.4, -0.2) is 38.3 Å². The van der Waals surface area contributed by atoms with Gasteiger partial charge in [-0.25, -0.2) is 0 Å². The topological polar surface area (TPSA) is 91.2 Å². The number of hydrogen-bond acceptors (Lipinski definition) is 5. The van der Waals surface area contributed by atoms with Gasteiger partial charge in [-0.1, -0.05) is 48.5 Å². The highest BCUT2D eigenvalue weighted by Gasteiger charge is 2.46. The fourth-order valence-electron chi connectivity index (χ4n) is 6.77. The van der Waals surface area contributed by atoms with Gasteiger partial charge in [-0.3, -0.25) is 4.79 Å². The molecule has 0 unspecified atom stereocenters. The van der Waals surface area contributed by atoms with Crippen LogP contribution in [0.5, 0.6) is 0 Å². The van der Waals surface area contributed by atoms with E-state index in [1.54, 1.807) is 12.1 Å². The summed E-state index contributed by atoms with van der Waals surface area (Å²) in [6.07, 6.45) is 1.19. The monoisotopic (exact) mass is 543 g/mol. The molecule has 5 aromatic carbocycles. The van der Waals surface area contributed by atoms with E-state index in [-0.39, 0.29) is 11.9 Å². The number of carbonyl (C=O) groups excluding carboxylic acids is 1. The van der Waals surface area contributed by atoms with Crippen LogP contribution in [0.4, 0.5) is 0 Å². The van der Waals surface area contributed by atoms with Gasteiger partial charge < -0.3 is 9.73 Å². The van der Waals surface area contributed by atoms with Crippen molar-refractivity contribution in [3.63, 3.8) is 0 Å². The number of carbonyl (C=O) groups is 1. The lowest BCUT2D eigenvalue weighted by Crippen LogP contribution is -2.62. The van der Waals surface area contributed by atoms with Gasteiger partial charge in [-0.05, 0) is 103 Å². The Balaban J connectivity index is 1.14. The first-order valence-electron chi connectivity index (χ1n) is 14.0. The second kappa shape index (κ2) is 9.09. The lowest BCUT2D eigenvalue weighted by molar-refractivity contribution is -0.289. The number of amides is 1. The van der Waals surface area contributed by atoms with Gasteiger partial charge in [-0.15, -0.1) is 20.5 Å². The zero-order valence-electron chi connectivity index (χ0n) is 23.6. The van der Waals surface area contributed by atoms with Gasteiger partial charge >= 0.3 is 0 Å². The summed E-state index contributed by atoms with van der Waals surface area (Å²) < 4.78 is 6.17. The SMILES string of the molecule is CC1(C)CC(NC(=O)c2ccc(-c3nnc(-c4ccc5ccc6cccc7ccc4c5c67)o3)cc2)CC(C)(C)N1[O]. The largest absolute Gasteiger partial charge is 0.416 e. The molecule has 41 heavy (non-hydrogen) atoms. The summed E-state index contributed by atoms with van der Waals surface area (Å²) in [5.74, 6) is 0.686. The Kier molecular flexibility index (Phi) is 5.68. The molecule has 1 aliphatic heterocycles. The Bertz CT molecular complexity index is 1890. The summed E-state index contributed by atoms with van der Waals surface area (Å²) in [6.45, 7) is 7.71. The first kappa shape index (κ1) is 25.6. The predicted octanol–water partition coefficient (Wildman–Crippen LogP) is 7.40. The molecule has 1 N–H and O–H groups in total. The van der Waals surface area contributed by atoms with Crippen LogP contribution in [0, 0.1) is 0 Å². The average Bonchev–Trinajstić information content (AvgIpc) is 3.44. The van der Waals surface area contributed by atoms with Crippen molar-refractivity contribution in [2.24, 2.45) is 0 Å². The van der Waals surface area contributed by atoms with Gasteiger partial charge in [-0.2, -0.15) is 0 Å². The first-order valence-corrected chi connectivity index (χ1v) is 14.0. The minimum absolute atomic E-state index is 0.0823. The molecule has 0 bridgehead atoms. The van der Waals surface area contributed by atoms with E-state index in [1.165, 1.54) is 32.0 Å². The molecule has 1 saturated heterocycles. The van der Waals surface area contributed by atoms with Crippen molar-refractivity contribution in [3.05, 3.63) is 84.4 Å². The molecule has 0 saturated carbocycles. The normalized spacial score (nSPS) is 17.5. The molecule has 7 rings (SSSR count). The molecule has 1 radical (unpaired) electrons. The number of nitrogens with one attached hydrogen (secondary N) is 1. The van der Waals surface area contributed by atoms with E-state index >= 15 is 0 Å². The molecule has 1 aliphatic rings. The number of rotatable bonds is 4. The van der Waals surface area contributed by atoms with E-state index < -0.39 is 11.1 Å². The molecule has 7 nitrogen and oxygen atoms in total. The van der Waals surface area contributed by atoms with Crippen LogP contribution < -0.4 is 5.32 Å². The second-order valence-electron chi connectivity index (χ2n) is 12.5. The van der Waals surface area contributed by atoms with E-state index in [2.05, 4.69) is 64.0 Å². The Morgan fingerprint density at radius 1 is 0.780 bits per heavy atom. The molecule has 205 valence electrons. The summed E-state index contributed by atoms with van der Waals surface area (Å²) in [6, 6.07) is 26.2. The van der Waals surface area contributed by atoms with Crippen LogP contribution in [0.3, 0.4) is 0 Å². The Morgan fingerprint density at radius 2 is 1.37 bits per heavy atom. The third kappa shape index (κ3) is 4.24. The molecule has 0 aliphatic carbocycles. The summed E-state index contributed by atoms with van der Waals surface area (Å²) in [4.78, 5) is 13.1. The van der Waals surface area contributed by atoms with Gasteiger partial charge in [0.05, 0.1) is 0 Å². The number of hydroxylamine groups is 2. The number of aromatic nitrogens is 2. The Hall–Kier alpha value is -4.33. The van der Waals surface area contributed by atoms with E-state index in [4.69, 9.17) is 4.42 Å². The van der Waals surface area contributed by atoms with Crippen LogP contribution in [0.15, 0.2) is 83.3 Å². The van der Waals surface area contributed by atoms with Crippen LogP contribution in [0.2, 0.25) is 0 Å². The van der Waals surface area contributed by atoms with E-state index in [1.807, 2.05) is 45.9 Å². The fraction of sp³-hybridized carbons (Fsp3) is 0.265. The number of nitrogens with zero attached hydrogens (tertiary/aromatic N) is 3. The quantitative estimate of drug-likeness (QED) is 0.234. The zero-order chi connectivity index (χ0) is 28.5. The highest BCUT2D eigenvalue weighted by atomic mass is 16.5. The summed E-state index contributed by atoms with van der Waals surface area (Å²) in [7, 11) is 0. The van der Waals surface area contributed by atoms with Crippen molar-refractivity contribution in [1.29, 1.82) is 0 Å². The maximum absolute atomic E-state index is 13.1. The van der Waals surface area contributed by atoms with Crippen molar-refractivity contribution in [2.45, 2.75) is 57.7 Å². The molecule has 1 aromatic heterocycles. The molecular weight excluding hydrogens is 512 g/mol. The smallest absolute Gasteiger partial charge is 0.251 e. The van der Waals surface area contributed by atoms with Gasteiger partial charge in [0.2, 0.25) is 11.8 Å². The standard InChI is InChI=1S/C34H31N4O3/c1-33(2)18-25(19-34(3,4)38(33)40)35-30(39)23-10-12-24(13-11-23)31-36-37-32(41-31)27-17-15-22-9-8-20-6-5-7-21-14-16-26(27)29(22)28(20)21/h5-17,25H,18-19H2,1-4H3,(H,35,39). The third-order valence-corrected chi connectivity index (χ3v) is 8.50. The first-order chi connectivity index (χ1) is 19.6. The summed E-state index contributed by atoms with van der Waals surface area (Å²) >= 11 is 0. The lowest BCUT2D eigenvalue weighted by Gasteiger charge is -2.50. The highest BCUT2D eigenvalue weighted by Crippen LogP contribution is 2.40. The van der Waals surface area contributed by atoms with Gasteiger partial charge in [0.25, 0.3) is 5.91 Å². The van der Waals surface area contributed by atoms with Gasteiger partial charge in [0.15, 0.2) is 0 Å². The molecule has 0 atom stereocenters.